The zero-order valence-electron chi connectivity index (χ0n) is 13.4. The van der Waals surface area contributed by atoms with Gasteiger partial charge < -0.3 is 5.11 Å². The lowest BCUT2D eigenvalue weighted by Crippen LogP contribution is -2.60. The molecule has 112 valence electrons. The second kappa shape index (κ2) is 3.16. The van der Waals surface area contributed by atoms with E-state index in [4.69, 9.17) is 0 Å². The van der Waals surface area contributed by atoms with E-state index >= 15 is 0 Å². The van der Waals surface area contributed by atoms with Crippen molar-refractivity contribution in [2.75, 3.05) is 0 Å². The van der Waals surface area contributed by atoms with E-state index < -0.39 is 0 Å². The number of hydrogen-bond acceptors (Lipinski definition) is 1. The third-order valence-electron chi connectivity index (χ3n) is 9.33. The highest BCUT2D eigenvalue weighted by Gasteiger charge is 2.78. The fourth-order valence-corrected chi connectivity index (χ4v) is 8.58. The molecule has 0 saturated heterocycles. The SMILES string of the molecule is C[C@@]12CCC[C@](C)(O)[C@H]1CC[C@@]13CC4[C@@H](C[C@H]12)[C@@]4(C)C3. The predicted molar refractivity (Wildman–Crippen MR) is 80.2 cm³/mol. The largest absolute Gasteiger partial charge is 0.390 e. The van der Waals surface area contributed by atoms with Crippen LogP contribution in [0.5, 0.6) is 0 Å². The summed E-state index contributed by atoms with van der Waals surface area (Å²) in [5.41, 5.74) is 1.49. The molecule has 0 amide bonds. The Balaban J connectivity index is 1.57. The minimum Gasteiger partial charge on any atom is -0.390 e. The van der Waals surface area contributed by atoms with E-state index in [1.807, 2.05) is 0 Å². The summed E-state index contributed by atoms with van der Waals surface area (Å²) in [5, 5.41) is 10.9. The lowest BCUT2D eigenvalue weighted by Gasteiger charge is -2.64. The highest BCUT2D eigenvalue weighted by atomic mass is 16.3. The zero-order valence-corrected chi connectivity index (χ0v) is 13.4. The molecule has 1 N–H and O–H groups in total. The van der Waals surface area contributed by atoms with E-state index in [2.05, 4.69) is 20.8 Å². The summed E-state index contributed by atoms with van der Waals surface area (Å²) >= 11 is 0. The molecule has 0 aliphatic heterocycles. The molecule has 0 aromatic rings. The molecule has 0 aromatic heterocycles. The fourth-order valence-electron chi connectivity index (χ4n) is 8.58. The van der Waals surface area contributed by atoms with Gasteiger partial charge in [-0.2, -0.15) is 0 Å². The van der Waals surface area contributed by atoms with Crippen LogP contribution in [-0.2, 0) is 0 Å². The highest BCUT2D eigenvalue weighted by molar-refractivity contribution is 5.26. The quantitative estimate of drug-likeness (QED) is 0.694. The first-order valence-corrected chi connectivity index (χ1v) is 9.04. The Labute approximate surface area is 123 Å². The van der Waals surface area contributed by atoms with Crippen molar-refractivity contribution in [3.05, 3.63) is 0 Å². The molecule has 1 spiro atoms. The predicted octanol–water partition coefficient (Wildman–Crippen LogP) is 4.39. The molecule has 20 heavy (non-hydrogen) atoms. The maximum absolute atomic E-state index is 10.9. The average molecular weight is 274 g/mol. The van der Waals surface area contributed by atoms with E-state index in [1.54, 1.807) is 6.42 Å². The Morgan fingerprint density at radius 3 is 2.40 bits per heavy atom. The van der Waals surface area contributed by atoms with Gasteiger partial charge in [-0.25, -0.2) is 0 Å². The average Bonchev–Trinajstić information content (AvgIpc) is 2.80. The normalized spacial score (nSPS) is 70.2. The monoisotopic (exact) mass is 274 g/mol. The zero-order chi connectivity index (χ0) is 14.0. The topological polar surface area (TPSA) is 20.2 Å². The smallest absolute Gasteiger partial charge is 0.0653 e. The van der Waals surface area contributed by atoms with Gasteiger partial charge in [0.15, 0.2) is 0 Å². The molecular weight excluding hydrogens is 244 g/mol. The van der Waals surface area contributed by atoms with Crippen LogP contribution in [0.2, 0.25) is 0 Å². The van der Waals surface area contributed by atoms with Crippen molar-refractivity contribution < 1.29 is 5.11 Å². The number of hydrogen-bond donors (Lipinski definition) is 1. The molecule has 0 aromatic carbocycles. The minimum absolute atomic E-state index is 0.387. The second-order valence-corrected chi connectivity index (χ2v) is 10.1. The maximum atomic E-state index is 10.9. The van der Waals surface area contributed by atoms with Gasteiger partial charge in [0.1, 0.15) is 0 Å². The third kappa shape index (κ3) is 1.15. The molecule has 1 heteroatoms. The summed E-state index contributed by atoms with van der Waals surface area (Å²) < 4.78 is 0. The van der Waals surface area contributed by atoms with E-state index in [-0.39, 0.29) is 5.60 Å². The van der Waals surface area contributed by atoms with Gasteiger partial charge in [-0.1, -0.05) is 20.3 Å². The van der Waals surface area contributed by atoms with Crippen molar-refractivity contribution >= 4 is 0 Å². The molecule has 0 radical (unpaired) electrons. The molecule has 6 saturated carbocycles. The van der Waals surface area contributed by atoms with Gasteiger partial charge in [0.2, 0.25) is 0 Å². The highest BCUT2D eigenvalue weighted by Crippen LogP contribution is 2.85. The Kier molecular flexibility index (Phi) is 1.98. The van der Waals surface area contributed by atoms with Gasteiger partial charge in [0.05, 0.1) is 5.60 Å². The van der Waals surface area contributed by atoms with E-state index in [0.29, 0.717) is 16.7 Å². The van der Waals surface area contributed by atoms with Crippen LogP contribution in [0, 0.1) is 39.9 Å². The Morgan fingerprint density at radius 1 is 0.900 bits per heavy atom. The molecule has 6 rings (SSSR count). The van der Waals surface area contributed by atoms with Crippen LogP contribution >= 0.6 is 0 Å². The van der Waals surface area contributed by atoms with Crippen LogP contribution in [0.3, 0.4) is 0 Å². The molecule has 6 aliphatic carbocycles. The van der Waals surface area contributed by atoms with Crippen molar-refractivity contribution in [1.29, 1.82) is 0 Å². The van der Waals surface area contributed by atoms with Gasteiger partial charge in [0.25, 0.3) is 0 Å². The Hall–Kier alpha value is -0.0400. The number of aliphatic hydroxyl groups is 1. The van der Waals surface area contributed by atoms with Gasteiger partial charge in [0, 0.05) is 0 Å². The lowest BCUT2D eigenvalue weighted by molar-refractivity contribution is -0.190. The summed E-state index contributed by atoms with van der Waals surface area (Å²) in [5.74, 6) is 3.64. The summed E-state index contributed by atoms with van der Waals surface area (Å²) in [7, 11) is 0. The van der Waals surface area contributed by atoms with Crippen molar-refractivity contribution in [3.8, 4) is 0 Å². The lowest BCUT2D eigenvalue weighted by atomic mass is 9.41. The van der Waals surface area contributed by atoms with Crippen molar-refractivity contribution in [3.63, 3.8) is 0 Å². The molecule has 8 atom stereocenters. The molecular formula is C19H30O. The van der Waals surface area contributed by atoms with E-state index in [9.17, 15) is 5.11 Å². The standard InChI is InChI=1S/C19H30O/c1-16-6-4-7-18(3,20)14(16)5-8-19-10-13-12(9-15(16)19)17(13,2)11-19/h12-15,20H,4-11H2,1-3H3/t12-,13?,14+,15+,16-,17-,18+,19+/m1/s1. The van der Waals surface area contributed by atoms with E-state index in [1.165, 1.54) is 38.5 Å². The van der Waals surface area contributed by atoms with Gasteiger partial charge in [-0.3, -0.25) is 0 Å². The summed E-state index contributed by atoms with van der Waals surface area (Å²) in [6, 6.07) is 0. The maximum Gasteiger partial charge on any atom is 0.0653 e. The van der Waals surface area contributed by atoms with Crippen LogP contribution < -0.4 is 0 Å². The van der Waals surface area contributed by atoms with Crippen LogP contribution in [0.25, 0.3) is 0 Å². The van der Waals surface area contributed by atoms with Crippen molar-refractivity contribution in [1.82, 2.24) is 0 Å². The summed E-state index contributed by atoms with van der Waals surface area (Å²) in [4.78, 5) is 0. The molecule has 6 fully saturated rings. The molecule has 1 nitrogen and oxygen atoms in total. The number of fused-ring (bicyclic) bond motifs is 1. The first-order valence-electron chi connectivity index (χ1n) is 9.04. The van der Waals surface area contributed by atoms with Gasteiger partial charge in [-0.05, 0) is 91.8 Å². The van der Waals surface area contributed by atoms with Crippen LogP contribution in [0.4, 0.5) is 0 Å². The number of rotatable bonds is 0. The fraction of sp³-hybridized carbons (Fsp3) is 1.00. The molecule has 4 bridgehead atoms. The Bertz CT molecular complexity index is 482. The van der Waals surface area contributed by atoms with Crippen molar-refractivity contribution in [2.45, 2.75) is 77.7 Å². The summed E-state index contributed by atoms with van der Waals surface area (Å²) in [6.07, 6.45) is 11.0. The Morgan fingerprint density at radius 2 is 1.70 bits per heavy atom. The third-order valence-corrected chi connectivity index (χ3v) is 9.33. The van der Waals surface area contributed by atoms with Crippen LogP contribution in [0.15, 0.2) is 0 Å². The molecule has 0 heterocycles. The van der Waals surface area contributed by atoms with Gasteiger partial charge in [-0.15, -0.1) is 0 Å². The summed E-state index contributed by atoms with van der Waals surface area (Å²) in [6.45, 7) is 7.29. The van der Waals surface area contributed by atoms with Gasteiger partial charge >= 0.3 is 0 Å². The molecule has 6 aliphatic rings. The first kappa shape index (κ1) is 12.5. The van der Waals surface area contributed by atoms with E-state index in [0.717, 1.165) is 29.6 Å². The van der Waals surface area contributed by atoms with Crippen LogP contribution in [0.1, 0.15) is 72.1 Å². The van der Waals surface area contributed by atoms with Crippen LogP contribution in [-0.4, -0.2) is 10.7 Å². The minimum atomic E-state index is -0.387. The molecule has 1 unspecified atom stereocenters. The second-order valence-electron chi connectivity index (χ2n) is 10.1. The first-order chi connectivity index (χ1) is 9.32. The van der Waals surface area contributed by atoms with Crippen molar-refractivity contribution in [2.24, 2.45) is 39.9 Å².